The zero-order valence-electron chi connectivity index (χ0n) is 11.4. The number of rotatable bonds is 2. The minimum Gasteiger partial charge on any atom is -0.327 e. The van der Waals surface area contributed by atoms with Crippen molar-refractivity contribution in [3.8, 4) is 0 Å². The molecule has 110 valence electrons. The van der Waals surface area contributed by atoms with Crippen molar-refractivity contribution < 1.29 is 9.18 Å². The molecule has 0 saturated carbocycles. The van der Waals surface area contributed by atoms with Gasteiger partial charge in [-0.15, -0.1) is 11.3 Å². The Labute approximate surface area is 125 Å². The van der Waals surface area contributed by atoms with E-state index in [1.54, 1.807) is 12.1 Å². The predicted octanol–water partition coefficient (Wildman–Crippen LogP) is 1.12. The molecule has 0 bridgehead atoms. The Morgan fingerprint density at radius 2 is 2.19 bits per heavy atom. The highest BCUT2D eigenvalue weighted by atomic mass is 32.1. The number of carbonyl (C=O) groups excluding carboxylic acids is 1. The van der Waals surface area contributed by atoms with E-state index >= 15 is 0 Å². The second kappa shape index (κ2) is 5.88. The number of carbonyl (C=O) groups is 1. The highest BCUT2D eigenvalue weighted by molar-refractivity contribution is 7.07. The van der Waals surface area contributed by atoms with Gasteiger partial charge in [-0.25, -0.2) is 9.82 Å². The monoisotopic (exact) mass is 306 g/mol. The highest BCUT2D eigenvalue weighted by Crippen LogP contribution is 2.25. The largest absolute Gasteiger partial charge is 0.327 e. The van der Waals surface area contributed by atoms with Crippen molar-refractivity contribution in [2.45, 2.75) is 6.04 Å². The van der Waals surface area contributed by atoms with Gasteiger partial charge in [-0.3, -0.25) is 10.2 Å². The molecular formula is C14H15FN4OS. The van der Waals surface area contributed by atoms with Crippen molar-refractivity contribution in [3.05, 3.63) is 52.0 Å². The first-order valence-corrected chi connectivity index (χ1v) is 7.45. The van der Waals surface area contributed by atoms with Crippen LogP contribution in [0, 0.1) is 11.7 Å². The van der Waals surface area contributed by atoms with Gasteiger partial charge in [-0.2, -0.15) is 4.99 Å². The topological polar surface area (TPSA) is 58.4 Å². The van der Waals surface area contributed by atoms with E-state index < -0.39 is 0 Å². The van der Waals surface area contributed by atoms with Gasteiger partial charge in [0.15, 0.2) is 4.80 Å². The Kier molecular flexibility index (Phi) is 3.96. The minimum absolute atomic E-state index is 0.181. The summed E-state index contributed by atoms with van der Waals surface area (Å²) in [6, 6.07) is 5.96. The molecule has 2 heterocycles. The molecule has 1 saturated heterocycles. The van der Waals surface area contributed by atoms with E-state index in [0.717, 1.165) is 5.56 Å². The summed E-state index contributed by atoms with van der Waals surface area (Å²) < 4.78 is 14.8. The van der Waals surface area contributed by atoms with Gasteiger partial charge in [0.1, 0.15) is 5.82 Å². The smallest absolute Gasteiger partial charge is 0.254 e. The molecule has 2 N–H and O–H groups in total. The van der Waals surface area contributed by atoms with Gasteiger partial charge in [-0.1, -0.05) is 12.1 Å². The Balaban J connectivity index is 1.86. The van der Waals surface area contributed by atoms with Crippen LogP contribution in [0.25, 0.3) is 0 Å². The molecule has 2 atom stereocenters. The number of hydrogen-bond donors (Lipinski definition) is 2. The van der Waals surface area contributed by atoms with Crippen LogP contribution in [-0.4, -0.2) is 17.0 Å². The van der Waals surface area contributed by atoms with Gasteiger partial charge in [0, 0.05) is 25.2 Å². The molecule has 2 unspecified atom stereocenters. The summed E-state index contributed by atoms with van der Waals surface area (Å²) >= 11 is 1.42. The van der Waals surface area contributed by atoms with E-state index in [2.05, 4.69) is 15.8 Å². The molecule has 0 aliphatic carbocycles. The van der Waals surface area contributed by atoms with Gasteiger partial charge in [-0.05, 0) is 17.7 Å². The van der Waals surface area contributed by atoms with Crippen LogP contribution in [-0.2, 0) is 11.8 Å². The summed E-state index contributed by atoms with van der Waals surface area (Å²) in [5, 5.41) is 1.88. The minimum atomic E-state index is -0.308. The summed E-state index contributed by atoms with van der Waals surface area (Å²) in [6.07, 6.45) is 1.86. The highest BCUT2D eigenvalue weighted by Gasteiger charge is 2.33. The first kappa shape index (κ1) is 14.1. The normalized spacial score (nSPS) is 22.7. The lowest BCUT2D eigenvalue weighted by Gasteiger charge is -2.15. The van der Waals surface area contributed by atoms with E-state index in [1.165, 1.54) is 23.5 Å². The maximum absolute atomic E-state index is 13.0. The lowest BCUT2D eigenvalue weighted by Crippen LogP contribution is -2.26. The maximum atomic E-state index is 13.0. The Morgan fingerprint density at radius 1 is 1.43 bits per heavy atom. The number of aromatic nitrogens is 1. The van der Waals surface area contributed by atoms with Crippen LogP contribution >= 0.6 is 11.3 Å². The Morgan fingerprint density at radius 3 is 2.86 bits per heavy atom. The molecule has 1 amide bonds. The van der Waals surface area contributed by atoms with Gasteiger partial charge < -0.3 is 4.57 Å². The Hall–Kier alpha value is -1.83. The van der Waals surface area contributed by atoms with E-state index in [-0.39, 0.29) is 23.7 Å². The number of halogens is 1. The van der Waals surface area contributed by atoms with Gasteiger partial charge in [0.25, 0.3) is 5.91 Å². The van der Waals surface area contributed by atoms with Gasteiger partial charge in [0.2, 0.25) is 0 Å². The van der Waals surface area contributed by atoms with Crippen molar-refractivity contribution in [1.29, 1.82) is 0 Å². The van der Waals surface area contributed by atoms with Crippen LogP contribution in [0.1, 0.15) is 11.6 Å². The fourth-order valence-electron chi connectivity index (χ4n) is 2.32. The van der Waals surface area contributed by atoms with Crippen LogP contribution in [0.2, 0.25) is 0 Å². The molecule has 2 aromatic rings. The lowest BCUT2D eigenvalue weighted by molar-refractivity contribution is -0.121. The fraction of sp³-hybridized carbons (Fsp3) is 0.286. The third-order valence-electron chi connectivity index (χ3n) is 3.49. The third-order valence-corrected chi connectivity index (χ3v) is 4.34. The van der Waals surface area contributed by atoms with Crippen molar-refractivity contribution in [3.63, 3.8) is 0 Å². The van der Waals surface area contributed by atoms with E-state index in [9.17, 15) is 9.18 Å². The van der Waals surface area contributed by atoms with Crippen LogP contribution in [0.3, 0.4) is 0 Å². The molecule has 1 fully saturated rings. The van der Waals surface area contributed by atoms with Crippen molar-refractivity contribution >= 4 is 17.2 Å². The van der Waals surface area contributed by atoms with Crippen molar-refractivity contribution in [1.82, 2.24) is 15.4 Å². The maximum Gasteiger partial charge on any atom is 0.254 e. The van der Waals surface area contributed by atoms with Crippen molar-refractivity contribution in [2.75, 3.05) is 6.54 Å². The Bertz CT molecular complexity index is 706. The number of nitrogens with zero attached hydrogens (tertiary/aromatic N) is 2. The number of hydrogen-bond acceptors (Lipinski definition) is 4. The molecule has 0 radical (unpaired) electrons. The van der Waals surface area contributed by atoms with E-state index in [0.29, 0.717) is 11.3 Å². The fourth-order valence-corrected chi connectivity index (χ4v) is 3.06. The summed E-state index contributed by atoms with van der Waals surface area (Å²) in [6.45, 7) is 0.499. The number of nitrogens with one attached hydrogen (secondary N) is 2. The van der Waals surface area contributed by atoms with Gasteiger partial charge >= 0.3 is 0 Å². The number of hydrazine groups is 1. The summed E-state index contributed by atoms with van der Waals surface area (Å²) in [5.41, 5.74) is 6.91. The molecule has 0 spiro atoms. The molecule has 7 heteroatoms. The SMILES string of the molecule is Cn1ccsc1=NC(=O)C1CNNC1c1ccc(F)cc1. The summed E-state index contributed by atoms with van der Waals surface area (Å²) in [4.78, 5) is 17.2. The third kappa shape index (κ3) is 2.94. The molecule has 1 aliphatic rings. The number of amides is 1. The number of thiazole rings is 1. The quantitative estimate of drug-likeness (QED) is 0.874. The summed E-state index contributed by atoms with van der Waals surface area (Å²) in [5.74, 6) is -0.777. The second-order valence-electron chi connectivity index (χ2n) is 4.91. The number of aryl methyl sites for hydroxylation is 1. The molecular weight excluding hydrogens is 291 g/mol. The van der Waals surface area contributed by atoms with Crippen LogP contribution in [0.4, 0.5) is 4.39 Å². The van der Waals surface area contributed by atoms with Crippen molar-refractivity contribution in [2.24, 2.45) is 18.0 Å². The van der Waals surface area contributed by atoms with E-state index in [1.807, 2.05) is 23.2 Å². The molecule has 1 aliphatic heterocycles. The number of benzene rings is 1. The first-order valence-electron chi connectivity index (χ1n) is 6.58. The zero-order valence-corrected chi connectivity index (χ0v) is 12.2. The lowest BCUT2D eigenvalue weighted by atomic mass is 9.94. The standard InChI is InChI=1S/C14H15FN4OS/c1-19-6-7-21-14(19)17-13(20)11-8-16-18-12(11)9-2-4-10(15)5-3-9/h2-7,11-12,16,18H,8H2,1H3. The van der Waals surface area contributed by atoms with Gasteiger partial charge in [0.05, 0.1) is 12.0 Å². The zero-order chi connectivity index (χ0) is 14.8. The van der Waals surface area contributed by atoms with E-state index in [4.69, 9.17) is 0 Å². The molecule has 5 nitrogen and oxygen atoms in total. The molecule has 1 aromatic carbocycles. The predicted molar refractivity (Wildman–Crippen MR) is 77.6 cm³/mol. The molecule has 21 heavy (non-hydrogen) atoms. The summed E-state index contributed by atoms with van der Waals surface area (Å²) in [7, 11) is 1.85. The second-order valence-corrected chi connectivity index (χ2v) is 5.78. The van der Waals surface area contributed by atoms with Crippen LogP contribution in [0.15, 0.2) is 40.8 Å². The first-order chi connectivity index (χ1) is 10.1. The molecule has 3 rings (SSSR count). The molecule has 1 aromatic heterocycles. The van der Waals surface area contributed by atoms with Crippen LogP contribution in [0.5, 0.6) is 0 Å². The average molecular weight is 306 g/mol. The average Bonchev–Trinajstić information content (AvgIpc) is 3.09. The van der Waals surface area contributed by atoms with Crippen LogP contribution < -0.4 is 15.7 Å².